The zero-order valence-corrected chi connectivity index (χ0v) is 6.90. The average molecular weight is 174 g/mol. The van der Waals surface area contributed by atoms with Gasteiger partial charge in [0.1, 0.15) is 6.61 Å². The minimum Gasteiger partial charge on any atom is -0.480 e. The molecule has 1 saturated carbocycles. The van der Waals surface area contributed by atoms with Crippen LogP contribution >= 0.6 is 0 Å². The third-order valence-corrected chi connectivity index (χ3v) is 2.11. The van der Waals surface area contributed by atoms with Gasteiger partial charge < -0.3 is 14.9 Å². The number of aliphatic carboxylic acids is 1. The molecule has 0 radical (unpaired) electrons. The van der Waals surface area contributed by atoms with Crippen molar-refractivity contribution in [2.45, 2.75) is 25.4 Å². The lowest BCUT2D eigenvalue weighted by atomic mass is 9.80. The molecule has 0 aromatic rings. The maximum absolute atomic E-state index is 10.0. The number of hydrogen-bond donors (Lipinski definition) is 2. The van der Waals surface area contributed by atoms with Crippen molar-refractivity contribution >= 4 is 5.97 Å². The Kier molecular flexibility index (Phi) is 3.49. The van der Waals surface area contributed by atoms with Gasteiger partial charge in [0, 0.05) is 6.61 Å². The highest BCUT2D eigenvalue weighted by Crippen LogP contribution is 2.29. The highest BCUT2D eigenvalue weighted by atomic mass is 16.5. The van der Waals surface area contributed by atoms with Crippen LogP contribution in [0.1, 0.15) is 19.3 Å². The summed E-state index contributed by atoms with van der Waals surface area (Å²) in [6.07, 6.45) is 2.42. The molecular weight excluding hydrogens is 160 g/mol. The smallest absolute Gasteiger partial charge is 0.329 e. The van der Waals surface area contributed by atoms with Crippen molar-refractivity contribution in [2.75, 3.05) is 13.2 Å². The molecule has 2 N–H and O–H groups in total. The van der Waals surface area contributed by atoms with Gasteiger partial charge in [-0.15, -0.1) is 0 Å². The average Bonchev–Trinajstić information content (AvgIpc) is 1.93. The van der Waals surface area contributed by atoms with E-state index in [4.69, 9.17) is 14.9 Å². The topological polar surface area (TPSA) is 66.8 Å². The molecule has 1 rings (SSSR count). The molecule has 0 unspecified atom stereocenters. The first kappa shape index (κ1) is 9.48. The van der Waals surface area contributed by atoms with Crippen LogP contribution in [0.4, 0.5) is 0 Å². The van der Waals surface area contributed by atoms with E-state index in [2.05, 4.69) is 0 Å². The first-order chi connectivity index (χ1) is 5.68. The predicted molar refractivity (Wildman–Crippen MR) is 41.8 cm³/mol. The third-order valence-electron chi connectivity index (χ3n) is 2.11. The van der Waals surface area contributed by atoms with E-state index >= 15 is 0 Å². The fourth-order valence-corrected chi connectivity index (χ4v) is 1.35. The normalized spacial score (nSPS) is 28.1. The van der Waals surface area contributed by atoms with Crippen molar-refractivity contribution < 1.29 is 19.7 Å². The quantitative estimate of drug-likeness (QED) is 0.586. The molecule has 1 fully saturated rings. The molecule has 0 amide bonds. The highest BCUT2D eigenvalue weighted by Gasteiger charge is 2.26. The predicted octanol–water partition coefficient (Wildman–Crippen LogP) is 0.249. The van der Waals surface area contributed by atoms with Gasteiger partial charge in [0.2, 0.25) is 0 Å². The van der Waals surface area contributed by atoms with E-state index in [1.54, 1.807) is 0 Å². The maximum Gasteiger partial charge on any atom is 0.329 e. The Morgan fingerprint density at radius 3 is 2.67 bits per heavy atom. The summed E-state index contributed by atoms with van der Waals surface area (Å²) in [6.45, 7) is 0.277. The largest absolute Gasteiger partial charge is 0.480 e. The molecule has 0 aromatic carbocycles. The molecule has 0 aliphatic heterocycles. The number of carbonyl (C=O) groups is 1. The molecule has 70 valence electrons. The van der Waals surface area contributed by atoms with Crippen molar-refractivity contribution in [3.8, 4) is 0 Å². The van der Waals surface area contributed by atoms with Crippen LogP contribution in [0, 0.1) is 5.92 Å². The second-order valence-corrected chi connectivity index (χ2v) is 3.23. The first-order valence-corrected chi connectivity index (χ1v) is 4.16. The van der Waals surface area contributed by atoms with Gasteiger partial charge in [0.05, 0.1) is 6.10 Å². The molecule has 1 aliphatic carbocycles. The number of rotatable bonds is 5. The van der Waals surface area contributed by atoms with Crippen molar-refractivity contribution in [1.82, 2.24) is 0 Å². The Bertz CT molecular complexity index is 151. The van der Waals surface area contributed by atoms with E-state index in [1.165, 1.54) is 0 Å². The fraction of sp³-hybridized carbons (Fsp3) is 0.875. The van der Waals surface area contributed by atoms with Crippen molar-refractivity contribution in [2.24, 2.45) is 5.92 Å². The second kappa shape index (κ2) is 4.42. The molecule has 0 heterocycles. The van der Waals surface area contributed by atoms with Crippen molar-refractivity contribution in [3.05, 3.63) is 0 Å². The number of hydrogen-bond acceptors (Lipinski definition) is 3. The zero-order chi connectivity index (χ0) is 8.97. The van der Waals surface area contributed by atoms with Gasteiger partial charge in [-0.25, -0.2) is 4.79 Å². The first-order valence-electron chi connectivity index (χ1n) is 4.16. The van der Waals surface area contributed by atoms with Crippen LogP contribution in [-0.4, -0.2) is 35.5 Å². The van der Waals surface area contributed by atoms with E-state index in [0.717, 1.165) is 19.3 Å². The summed E-state index contributed by atoms with van der Waals surface area (Å²) in [5, 5.41) is 17.2. The van der Waals surface area contributed by atoms with E-state index in [9.17, 15) is 4.79 Å². The van der Waals surface area contributed by atoms with Crippen molar-refractivity contribution in [1.29, 1.82) is 0 Å². The summed E-state index contributed by atoms with van der Waals surface area (Å²) in [5.74, 6) is -0.391. The summed E-state index contributed by atoms with van der Waals surface area (Å²) >= 11 is 0. The Morgan fingerprint density at radius 1 is 1.50 bits per heavy atom. The molecule has 12 heavy (non-hydrogen) atoms. The zero-order valence-electron chi connectivity index (χ0n) is 6.90. The number of aliphatic hydroxyl groups is 1. The van der Waals surface area contributed by atoms with Crippen LogP contribution < -0.4 is 0 Å². The molecule has 0 atom stereocenters. The minimum absolute atomic E-state index is 0.130. The minimum atomic E-state index is -0.927. The molecule has 4 nitrogen and oxygen atoms in total. The van der Waals surface area contributed by atoms with Gasteiger partial charge >= 0.3 is 5.97 Å². The number of carboxylic acid groups (broad SMARTS) is 1. The Balaban J connectivity index is 1.87. The number of ether oxygens (including phenoxy) is 1. The van der Waals surface area contributed by atoms with E-state index < -0.39 is 5.97 Å². The highest BCUT2D eigenvalue weighted by molar-refractivity contribution is 5.67. The van der Waals surface area contributed by atoms with E-state index in [-0.39, 0.29) is 12.7 Å². The lowest BCUT2D eigenvalue weighted by Crippen LogP contribution is -2.29. The fourth-order valence-electron chi connectivity index (χ4n) is 1.35. The van der Waals surface area contributed by atoms with Crippen LogP contribution in [-0.2, 0) is 9.53 Å². The summed E-state index contributed by atoms with van der Waals surface area (Å²) < 4.78 is 4.86. The van der Waals surface area contributed by atoms with Gasteiger partial charge in [0.25, 0.3) is 0 Å². The number of aliphatic hydroxyl groups excluding tert-OH is 1. The molecule has 0 spiro atoms. The Labute approximate surface area is 71.2 Å². The summed E-state index contributed by atoms with van der Waals surface area (Å²) in [5.41, 5.74) is 0. The standard InChI is InChI=1S/C8H14O4/c9-7-3-6(4-7)1-2-12-5-8(10)11/h6-7,9H,1-5H2,(H,10,11). The molecule has 0 bridgehead atoms. The molecular formula is C8H14O4. The van der Waals surface area contributed by atoms with Crippen LogP contribution in [0.2, 0.25) is 0 Å². The number of carboxylic acids is 1. The Morgan fingerprint density at radius 2 is 2.17 bits per heavy atom. The van der Waals surface area contributed by atoms with E-state index in [0.29, 0.717) is 12.5 Å². The summed E-state index contributed by atoms with van der Waals surface area (Å²) in [6, 6.07) is 0. The second-order valence-electron chi connectivity index (χ2n) is 3.23. The molecule has 1 aliphatic rings. The summed E-state index contributed by atoms with van der Waals surface area (Å²) in [4.78, 5) is 10.0. The van der Waals surface area contributed by atoms with Crippen LogP contribution in [0.25, 0.3) is 0 Å². The molecule has 0 saturated heterocycles. The van der Waals surface area contributed by atoms with Crippen LogP contribution in [0.3, 0.4) is 0 Å². The van der Waals surface area contributed by atoms with Crippen LogP contribution in [0.5, 0.6) is 0 Å². The van der Waals surface area contributed by atoms with Gasteiger partial charge in [-0.2, -0.15) is 0 Å². The lowest BCUT2D eigenvalue weighted by Gasteiger charge is -2.31. The van der Waals surface area contributed by atoms with Crippen LogP contribution in [0.15, 0.2) is 0 Å². The maximum atomic E-state index is 10.0. The van der Waals surface area contributed by atoms with E-state index in [1.807, 2.05) is 0 Å². The van der Waals surface area contributed by atoms with Gasteiger partial charge in [-0.05, 0) is 25.2 Å². The molecule has 0 aromatic heterocycles. The SMILES string of the molecule is O=C(O)COCCC1CC(O)C1. The Hall–Kier alpha value is -0.610. The van der Waals surface area contributed by atoms with Gasteiger partial charge in [-0.1, -0.05) is 0 Å². The molecule has 4 heteroatoms. The van der Waals surface area contributed by atoms with Gasteiger partial charge in [-0.3, -0.25) is 0 Å². The lowest BCUT2D eigenvalue weighted by molar-refractivity contribution is -0.142. The third kappa shape index (κ3) is 3.19. The van der Waals surface area contributed by atoms with Crippen molar-refractivity contribution in [3.63, 3.8) is 0 Å². The monoisotopic (exact) mass is 174 g/mol. The summed E-state index contributed by atoms with van der Waals surface area (Å²) in [7, 11) is 0. The van der Waals surface area contributed by atoms with Gasteiger partial charge in [0.15, 0.2) is 0 Å².